The summed E-state index contributed by atoms with van der Waals surface area (Å²) >= 11 is 0. The highest BCUT2D eigenvalue weighted by atomic mass is 16.5. The second-order valence-corrected chi connectivity index (χ2v) is 7.10. The number of ether oxygens (including phenoxy) is 1. The third-order valence-corrected chi connectivity index (χ3v) is 4.52. The predicted octanol–water partition coefficient (Wildman–Crippen LogP) is 4.37. The molecule has 0 bridgehead atoms. The molecular weight excluding hydrogens is 300 g/mol. The van der Waals surface area contributed by atoms with Gasteiger partial charge in [-0.2, -0.15) is 0 Å². The van der Waals surface area contributed by atoms with Crippen LogP contribution in [0.4, 0.5) is 0 Å². The zero-order valence-corrected chi connectivity index (χ0v) is 15.6. The molecule has 0 saturated heterocycles. The monoisotopic (exact) mass is 330 g/mol. The molecule has 132 valence electrons. The Balaban J connectivity index is 2.77. The van der Waals surface area contributed by atoms with Crippen LogP contribution in [-0.2, 0) is 9.53 Å². The van der Waals surface area contributed by atoms with Gasteiger partial charge < -0.3 is 9.84 Å². The molecule has 0 aliphatic heterocycles. The van der Waals surface area contributed by atoms with Crippen LogP contribution in [0, 0.1) is 17.3 Å². The van der Waals surface area contributed by atoms with Gasteiger partial charge in [-0.25, -0.2) is 4.79 Å². The summed E-state index contributed by atoms with van der Waals surface area (Å²) in [5, 5.41) is 10.0. The molecule has 1 aliphatic carbocycles. The summed E-state index contributed by atoms with van der Waals surface area (Å²) in [5.41, 5.74) is 1.99. The summed E-state index contributed by atoms with van der Waals surface area (Å²) in [4.78, 5) is 11.1. The lowest BCUT2D eigenvalue weighted by Gasteiger charge is -2.39. The van der Waals surface area contributed by atoms with Gasteiger partial charge in [0.15, 0.2) is 0 Å². The lowest BCUT2D eigenvalue weighted by Crippen LogP contribution is -2.36. The second kappa shape index (κ2) is 8.84. The minimum atomic E-state index is -0.386. The molecule has 24 heavy (non-hydrogen) atoms. The van der Waals surface area contributed by atoms with Crippen molar-refractivity contribution in [3.05, 3.63) is 59.8 Å². The number of carbonyl (C=O) groups is 1. The first-order valence-electron chi connectivity index (χ1n) is 8.34. The highest BCUT2D eigenvalue weighted by Gasteiger charge is 2.35. The number of aliphatic hydroxyl groups excluding tert-OH is 1. The van der Waals surface area contributed by atoms with Crippen molar-refractivity contribution in [1.29, 1.82) is 0 Å². The number of hydrogen-bond donors (Lipinski definition) is 1. The topological polar surface area (TPSA) is 46.5 Å². The van der Waals surface area contributed by atoms with Crippen LogP contribution in [0.1, 0.15) is 34.6 Å². The summed E-state index contributed by atoms with van der Waals surface area (Å²) in [6, 6.07) is 0. The van der Waals surface area contributed by atoms with E-state index in [4.69, 9.17) is 0 Å². The minimum absolute atomic E-state index is 0.0328. The third-order valence-electron chi connectivity index (χ3n) is 4.52. The number of aliphatic hydroxyl groups is 1. The van der Waals surface area contributed by atoms with Gasteiger partial charge in [0.05, 0.1) is 13.2 Å². The van der Waals surface area contributed by atoms with Gasteiger partial charge in [-0.3, -0.25) is 0 Å². The van der Waals surface area contributed by atoms with E-state index < -0.39 is 0 Å². The maximum atomic E-state index is 11.1. The average Bonchev–Trinajstić information content (AvgIpc) is 2.51. The third kappa shape index (κ3) is 5.97. The predicted molar refractivity (Wildman–Crippen MR) is 99.4 cm³/mol. The van der Waals surface area contributed by atoms with Crippen LogP contribution in [0.15, 0.2) is 59.8 Å². The molecule has 0 amide bonds. The number of esters is 1. The zero-order valence-electron chi connectivity index (χ0n) is 15.6. The Hall–Kier alpha value is -1.87. The molecule has 0 radical (unpaired) electrons. The zero-order chi connectivity index (χ0) is 18.3. The first kappa shape index (κ1) is 20.2. The molecule has 3 unspecified atom stereocenters. The molecule has 1 rings (SSSR count). The Morgan fingerprint density at radius 1 is 1.21 bits per heavy atom. The molecule has 0 spiro atoms. The number of allylic oxidation sites excluding steroid dienone is 8. The summed E-state index contributed by atoms with van der Waals surface area (Å²) in [6.45, 7) is 10.4. The van der Waals surface area contributed by atoms with E-state index in [1.165, 1.54) is 13.2 Å². The molecule has 0 heterocycles. The van der Waals surface area contributed by atoms with E-state index in [1.807, 2.05) is 38.2 Å². The van der Waals surface area contributed by atoms with Gasteiger partial charge >= 0.3 is 5.97 Å². The minimum Gasteiger partial charge on any atom is -0.466 e. The first-order valence-corrected chi connectivity index (χ1v) is 8.34. The molecule has 0 aromatic carbocycles. The van der Waals surface area contributed by atoms with Crippen LogP contribution in [0.5, 0.6) is 0 Å². The van der Waals surface area contributed by atoms with E-state index in [9.17, 15) is 9.90 Å². The highest BCUT2D eigenvalue weighted by molar-refractivity contribution is 5.83. The number of carbonyl (C=O) groups excluding carboxylic acids is 1. The van der Waals surface area contributed by atoms with Crippen LogP contribution in [0.25, 0.3) is 0 Å². The summed E-state index contributed by atoms with van der Waals surface area (Å²) < 4.78 is 4.59. The fourth-order valence-electron chi connectivity index (χ4n) is 2.90. The van der Waals surface area contributed by atoms with Crippen LogP contribution >= 0.6 is 0 Å². The Bertz CT molecular complexity index is 588. The van der Waals surface area contributed by atoms with Gasteiger partial charge in [-0.1, -0.05) is 68.9 Å². The van der Waals surface area contributed by atoms with Gasteiger partial charge in [0.1, 0.15) is 0 Å². The lowest BCUT2D eigenvalue weighted by molar-refractivity contribution is -0.134. The van der Waals surface area contributed by atoms with Gasteiger partial charge in [0, 0.05) is 6.08 Å². The molecule has 1 aliphatic rings. The Morgan fingerprint density at radius 2 is 1.88 bits per heavy atom. The molecule has 3 heteroatoms. The normalized spacial score (nSPS) is 27.9. The molecule has 0 aromatic heterocycles. The smallest absolute Gasteiger partial charge is 0.330 e. The summed E-state index contributed by atoms with van der Waals surface area (Å²) in [6.07, 6.45) is 15.1. The van der Waals surface area contributed by atoms with Crippen molar-refractivity contribution in [2.45, 2.75) is 40.7 Å². The van der Waals surface area contributed by atoms with Crippen molar-refractivity contribution in [2.75, 3.05) is 7.11 Å². The standard InChI is InChI=1S/C21H30O3/c1-15(8-7-9-16(2)14-20(23)24-6)10-11-18-17(3)19(22)12-13-21(18,4)5/h7-14,17-19,22H,1-6H3/b9-7+,11-10+,15-8+,16-14+. The number of hydrogen-bond acceptors (Lipinski definition) is 3. The van der Waals surface area contributed by atoms with Crippen molar-refractivity contribution in [3.8, 4) is 0 Å². The second-order valence-electron chi connectivity index (χ2n) is 7.10. The summed E-state index contributed by atoms with van der Waals surface area (Å²) in [5.74, 6) is 0.124. The number of methoxy groups -OCH3 is 1. The molecule has 0 fully saturated rings. The fraction of sp³-hybridized carbons (Fsp3) is 0.476. The SMILES string of the molecule is COC(=O)/C=C(C)/C=C/C=C(C)/C=C/C1C(C)C(O)C=CC1(C)C. The van der Waals surface area contributed by atoms with Crippen LogP contribution < -0.4 is 0 Å². The van der Waals surface area contributed by atoms with Gasteiger partial charge in [0.25, 0.3) is 0 Å². The Labute approximate surface area is 146 Å². The first-order chi connectivity index (χ1) is 11.2. The molecule has 3 nitrogen and oxygen atoms in total. The van der Waals surface area contributed by atoms with E-state index in [-0.39, 0.29) is 29.3 Å². The van der Waals surface area contributed by atoms with E-state index in [1.54, 1.807) is 0 Å². The van der Waals surface area contributed by atoms with Gasteiger partial charge in [-0.05, 0) is 36.7 Å². The Morgan fingerprint density at radius 3 is 2.50 bits per heavy atom. The average molecular weight is 330 g/mol. The highest BCUT2D eigenvalue weighted by Crippen LogP contribution is 2.40. The lowest BCUT2D eigenvalue weighted by atomic mass is 9.67. The van der Waals surface area contributed by atoms with Crippen LogP contribution in [0.2, 0.25) is 0 Å². The molecular formula is C21H30O3. The Kier molecular flexibility index (Phi) is 7.43. The number of rotatable bonds is 5. The van der Waals surface area contributed by atoms with Gasteiger partial charge in [0.2, 0.25) is 0 Å². The fourth-order valence-corrected chi connectivity index (χ4v) is 2.90. The van der Waals surface area contributed by atoms with Crippen molar-refractivity contribution in [2.24, 2.45) is 17.3 Å². The quantitative estimate of drug-likeness (QED) is 0.352. The van der Waals surface area contributed by atoms with Crippen LogP contribution in [-0.4, -0.2) is 24.3 Å². The maximum absolute atomic E-state index is 11.1. The van der Waals surface area contributed by atoms with Gasteiger partial charge in [-0.15, -0.1) is 0 Å². The van der Waals surface area contributed by atoms with E-state index in [0.29, 0.717) is 0 Å². The van der Waals surface area contributed by atoms with E-state index in [0.717, 1.165) is 11.1 Å². The summed E-state index contributed by atoms with van der Waals surface area (Å²) in [7, 11) is 1.37. The van der Waals surface area contributed by atoms with Crippen molar-refractivity contribution in [1.82, 2.24) is 0 Å². The maximum Gasteiger partial charge on any atom is 0.330 e. The van der Waals surface area contributed by atoms with Crippen LogP contribution in [0.3, 0.4) is 0 Å². The largest absolute Gasteiger partial charge is 0.466 e. The molecule has 0 aromatic rings. The van der Waals surface area contributed by atoms with Crippen molar-refractivity contribution in [3.63, 3.8) is 0 Å². The van der Waals surface area contributed by atoms with E-state index >= 15 is 0 Å². The van der Waals surface area contributed by atoms with Crippen molar-refractivity contribution >= 4 is 5.97 Å². The molecule has 1 N–H and O–H groups in total. The molecule has 3 atom stereocenters. The molecule has 0 saturated carbocycles. The van der Waals surface area contributed by atoms with E-state index in [2.05, 4.69) is 43.7 Å². The van der Waals surface area contributed by atoms with Crippen molar-refractivity contribution < 1.29 is 14.6 Å².